The second-order valence-electron chi connectivity index (χ2n) is 8.99. The van der Waals surface area contributed by atoms with E-state index in [9.17, 15) is 0 Å². The fraction of sp³-hybridized carbons (Fsp3) is 0.125. The summed E-state index contributed by atoms with van der Waals surface area (Å²) in [7, 11) is 2.14. The van der Waals surface area contributed by atoms with Gasteiger partial charge in [-0.05, 0) is 95.3 Å². The van der Waals surface area contributed by atoms with Crippen LogP contribution in [0.3, 0.4) is 0 Å². The third kappa shape index (κ3) is 4.15. The normalized spacial score (nSPS) is 11.0. The average molecular weight is 428 g/mol. The van der Waals surface area contributed by atoms with Gasteiger partial charge in [0.05, 0.1) is 0 Å². The second-order valence-corrected chi connectivity index (χ2v) is 8.99. The molecule has 0 N–H and O–H groups in total. The van der Waals surface area contributed by atoms with Crippen LogP contribution in [0.4, 0.5) is 11.4 Å². The summed E-state index contributed by atoms with van der Waals surface area (Å²) in [5.41, 5.74) is 11.3. The zero-order valence-corrected chi connectivity index (χ0v) is 19.8. The number of anilines is 2. The van der Waals surface area contributed by atoms with E-state index >= 15 is 0 Å². The smallest absolute Gasteiger partial charge is 0.0414 e. The largest absolute Gasteiger partial charge is 0.345 e. The fourth-order valence-electron chi connectivity index (χ4n) is 4.53. The molecule has 0 unspecified atom stereocenters. The molecule has 5 aromatic rings. The van der Waals surface area contributed by atoms with Gasteiger partial charge in [-0.2, -0.15) is 0 Å². The molecule has 0 aliphatic carbocycles. The lowest BCUT2D eigenvalue weighted by Gasteiger charge is -2.22. The summed E-state index contributed by atoms with van der Waals surface area (Å²) < 4.78 is 0. The molecule has 33 heavy (non-hydrogen) atoms. The first-order valence-corrected chi connectivity index (χ1v) is 11.5. The molecular weight excluding hydrogens is 398 g/mol. The van der Waals surface area contributed by atoms with Gasteiger partial charge in [-0.15, -0.1) is 0 Å². The lowest BCUT2D eigenvalue weighted by molar-refractivity contribution is 1.20. The minimum absolute atomic E-state index is 1.19. The summed E-state index contributed by atoms with van der Waals surface area (Å²) in [5.74, 6) is 0. The first kappa shape index (κ1) is 21.0. The van der Waals surface area contributed by atoms with Gasteiger partial charge in [0, 0.05) is 18.4 Å². The molecule has 5 aromatic carbocycles. The molecule has 0 spiro atoms. The molecule has 0 saturated carbocycles. The molecule has 1 nitrogen and oxygen atoms in total. The summed E-state index contributed by atoms with van der Waals surface area (Å²) in [6, 6.07) is 37.5. The minimum Gasteiger partial charge on any atom is -0.345 e. The first-order valence-electron chi connectivity index (χ1n) is 11.5. The van der Waals surface area contributed by atoms with Crippen LogP contribution in [0.15, 0.2) is 103 Å². The molecule has 0 atom stereocenters. The van der Waals surface area contributed by atoms with Crippen molar-refractivity contribution in [3.05, 3.63) is 120 Å². The fourth-order valence-corrected chi connectivity index (χ4v) is 4.53. The van der Waals surface area contributed by atoms with E-state index in [-0.39, 0.29) is 0 Å². The topological polar surface area (TPSA) is 3.24 Å². The Hall–Kier alpha value is -3.84. The van der Waals surface area contributed by atoms with E-state index in [2.05, 4.69) is 136 Å². The van der Waals surface area contributed by atoms with Gasteiger partial charge in [0.1, 0.15) is 0 Å². The van der Waals surface area contributed by atoms with Crippen molar-refractivity contribution in [2.24, 2.45) is 0 Å². The van der Waals surface area contributed by atoms with Crippen molar-refractivity contribution in [3.8, 4) is 22.3 Å². The predicted molar refractivity (Wildman–Crippen MR) is 144 cm³/mol. The molecule has 0 aromatic heterocycles. The summed E-state index contributed by atoms with van der Waals surface area (Å²) in [6.07, 6.45) is 0. The van der Waals surface area contributed by atoms with Crippen molar-refractivity contribution in [1.82, 2.24) is 0 Å². The molecule has 0 aliphatic rings. The third-order valence-electron chi connectivity index (χ3n) is 6.63. The standard InChI is InChI=1S/C32H29N/c1-22-9-12-26(13-10-22)28-14-11-23(2)32(21-28)31-18-17-29(19-24(31)3)33(4)30-16-15-25-7-5-6-8-27(25)20-30/h5-21H,1-4H3. The average Bonchev–Trinajstić information content (AvgIpc) is 2.84. The maximum atomic E-state index is 2.33. The van der Waals surface area contributed by atoms with Crippen LogP contribution in [-0.4, -0.2) is 7.05 Å². The Balaban J connectivity index is 1.49. The van der Waals surface area contributed by atoms with Crippen LogP contribution in [0.2, 0.25) is 0 Å². The van der Waals surface area contributed by atoms with Gasteiger partial charge < -0.3 is 4.90 Å². The number of nitrogens with zero attached hydrogens (tertiary/aromatic N) is 1. The van der Waals surface area contributed by atoms with Crippen LogP contribution in [-0.2, 0) is 0 Å². The molecule has 0 heterocycles. The Morgan fingerprint density at radius 1 is 0.485 bits per heavy atom. The molecule has 0 amide bonds. The van der Waals surface area contributed by atoms with Gasteiger partial charge in [-0.1, -0.05) is 78.4 Å². The lowest BCUT2D eigenvalue weighted by Crippen LogP contribution is -2.09. The number of benzene rings is 5. The Bertz CT molecular complexity index is 1440. The Morgan fingerprint density at radius 3 is 1.91 bits per heavy atom. The molecule has 5 rings (SSSR count). The Kier molecular flexibility index (Phi) is 5.48. The van der Waals surface area contributed by atoms with Gasteiger partial charge in [-0.3, -0.25) is 0 Å². The van der Waals surface area contributed by atoms with Gasteiger partial charge in [-0.25, -0.2) is 0 Å². The molecular formula is C32H29N. The van der Waals surface area contributed by atoms with E-state index in [4.69, 9.17) is 0 Å². The van der Waals surface area contributed by atoms with Crippen molar-refractivity contribution >= 4 is 22.1 Å². The van der Waals surface area contributed by atoms with Crippen LogP contribution in [0.25, 0.3) is 33.0 Å². The highest BCUT2D eigenvalue weighted by molar-refractivity contribution is 5.87. The first-order chi connectivity index (χ1) is 16.0. The van der Waals surface area contributed by atoms with Crippen LogP contribution >= 0.6 is 0 Å². The molecule has 0 bridgehead atoms. The molecule has 0 radical (unpaired) electrons. The zero-order chi connectivity index (χ0) is 22.9. The zero-order valence-electron chi connectivity index (χ0n) is 19.8. The van der Waals surface area contributed by atoms with E-state index in [0.29, 0.717) is 0 Å². The van der Waals surface area contributed by atoms with E-state index in [0.717, 1.165) is 0 Å². The minimum atomic E-state index is 1.19. The number of aryl methyl sites for hydroxylation is 3. The molecule has 0 fully saturated rings. The maximum absolute atomic E-state index is 2.33. The second kappa shape index (κ2) is 8.60. The highest BCUT2D eigenvalue weighted by atomic mass is 15.1. The summed E-state index contributed by atoms with van der Waals surface area (Å²) in [5, 5.41) is 2.53. The summed E-state index contributed by atoms with van der Waals surface area (Å²) in [6.45, 7) is 6.54. The van der Waals surface area contributed by atoms with Gasteiger partial charge in [0.25, 0.3) is 0 Å². The maximum Gasteiger partial charge on any atom is 0.0414 e. The van der Waals surface area contributed by atoms with Crippen LogP contribution in [0, 0.1) is 20.8 Å². The molecule has 1 heteroatoms. The SMILES string of the molecule is Cc1ccc(-c2ccc(C)c(-c3ccc(N(C)c4ccc5ccccc5c4)cc3C)c2)cc1. The van der Waals surface area contributed by atoms with Crippen molar-refractivity contribution in [1.29, 1.82) is 0 Å². The summed E-state index contributed by atoms with van der Waals surface area (Å²) in [4.78, 5) is 2.26. The quantitative estimate of drug-likeness (QED) is 0.277. The number of rotatable bonds is 4. The molecule has 0 aliphatic heterocycles. The lowest BCUT2D eigenvalue weighted by atomic mass is 9.92. The van der Waals surface area contributed by atoms with E-state index in [1.807, 2.05) is 0 Å². The van der Waals surface area contributed by atoms with E-state index in [1.54, 1.807) is 0 Å². The van der Waals surface area contributed by atoms with Crippen molar-refractivity contribution in [2.45, 2.75) is 20.8 Å². The Morgan fingerprint density at radius 2 is 1.15 bits per heavy atom. The van der Waals surface area contributed by atoms with E-state index in [1.165, 1.54) is 61.1 Å². The number of fused-ring (bicyclic) bond motifs is 1. The monoisotopic (exact) mass is 427 g/mol. The van der Waals surface area contributed by atoms with Crippen LogP contribution < -0.4 is 4.90 Å². The van der Waals surface area contributed by atoms with Crippen molar-refractivity contribution in [3.63, 3.8) is 0 Å². The Labute approximate surface area is 197 Å². The third-order valence-corrected chi connectivity index (χ3v) is 6.63. The molecule has 0 saturated heterocycles. The van der Waals surface area contributed by atoms with E-state index < -0.39 is 0 Å². The highest BCUT2D eigenvalue weighted by Crippen LogP contribution is 2.35. The summed E-state index contributed by atoms with van der Waals surface area (Å²) >= 11 is 0. The van der Waals surface area contributed by atoms with Gasteiger partial charge in [0.2, 0.25) is 0 Å². The van der Waals surface area contributed by atoms with Gasteiger partial charge in [0.15, 0.2) is 0 Å². The highest BCUT2D eigenvalue weighted by Gasteiger charge is 2.11. The van der Waals surface area contributed by atoms with Crippen LogP contribution in [0.1, 0.15) is 16.7 Å². The number of hydrogen-bond acceptors (Lipinski definition) is 1. The predicted octanol–water partition coefficient (Wildman–Crippen LogP) is 8.87. The van der Waals surface area contributed by atoms with Crippen molar-refractivity contribution in [2.75, 3.05) is 11.9 Å². The molecule has 162 valence electrons. The van der Waals surface area contributed by atoms with Gasteiger partial charge >= 0.3 is 0 Å². The van der Waals surface area contributed by atoms with Crippen molar-refractivity contribution < 1.29 is 0 Å². The van der Waals surface area contributed by atoms with Crippen LogP contribution in [0.5, 0.6) is 0 Å². The number of hydrogen-bond donors (Lipinski definition) is 0.